The first-order valence-corrected chi connectivity index (χ1v) is 8.68. The molecule has 0 aliphatic carbocycles. The number of ether oxygens (including phenoxy) is 2. The highest BCUT2D eigenvalue weighted by molar-refractivity contribution is 5.94. The van der Waals surface area contributed by atoms with Crippen LogP contribution in [0.2, 0.25) is 0 Å². The number of benzene rings is 2. The molecule has 2 atom stereocenters. The molecule has 0 aliphatic rings. The van der Waals surface area contributed by atoms with Crippen molar-refractivity contribution in [2.75, 3.05) is 25.6 Å². The second kappa shape index (κ2) is 11.0. The molecule has 2 aromatic carbocycles. The number of amides is 1. The third-order valence-corrected chi connectivity index (χ3v) is 4.25. The van der Waals surface area contributed by atoms with E-state index in [9.17, 15) is 18.0 Å². The number of hydrogen-bond acceptors (Lipinski definition) is 4. The number of hydrogen-bond donors (Lipinski definition) is 2. The smallest absolute Gasteiger partial charge is 0.416 e. The number of carbonyl (C=O) groups is 1. The van der Waals surface area contributed by atoms with Crippen molar-refractivity contribution >= 4 is 24.0 Å². The summed E-state index contributed by atoms with van der Waals surface area (Å²) in [6.07, 6.45) is -4.55. The van der Waals surface area contributed by atoms with E-state index in [4.69, 9.17) is 15.2 Å². The Morgan fingerprint density at radius 2 is 1.79 bits per heavy atom. The van der Waals surface area contributed by atoms with Crippen LogP contribution in [0.3, 0.4) is 0 Å². The third-order valence-electron chi connectivity index (χ3n) is 4.25. The monoisotopic (exact) mass is 432 g/mol. The fraction of sp³-hybridized carbons (Fsp3) is 0.350. The van der Waals surface area contributed by atoms with Crippen molar-refractivity contribution in [2.45, 2.75) is 19.1 Å². The Kier molecular flexibility index (Phi) is 9.42. The van der Waals surface area contributed by atoms with E-state index in [-0.39, 0.29) is 37.1 Å². The summed E-state index contributed by atoms with van der Waals surface area (Å²) in [6, 6.07) is 11.3. The third kappa shape index (κ3) is 6.92. The summed E-state index contributed by atoms with van der Waals surface area (Å²) in [5, 5.41) is 2.52. The molecule has 2 aromatic rings. The Balaban J connectivity index is 0.00000420. The topological polar surface area (TPSA) is 73.6 Å². The lowest BCUT2D eigenvalue weighted by Gasteiger charge is -2.21. The van der Waals surface area contributed by atoms with Gasteiger partial charge in [0.15, 0.2) is 0 Å². The molecule has 0 spiro atoms. The number of anilines is 1. The zero-order chi connectivity index (χ0) is 20.7. The zero-order valence-corrected chi connectivity index (χ0v) is 16.8. The van der Waals surface area contributed by atoms with Crippen LogP contribution in [-0.4, -0.2) is 26.2 Å². The van der Waals surface area contributed by atoms with E-state index in [1.54, 1.807) is 31.2 Å². The van der Waals surface area contributed by atoms with Crippen molar-refractivity contribution in [1.29, 1.82) is 0 Å². The summed E-state index contributed by atoms with van der Waals surface area (Å²) >= 11 is 0. The van der Waals surface area contributed by atoms with Crippen LogP contribution in [0.5, 0.6) is 5.75 Å². The first-order valence-electron chi connectivity index (χ1n) is 8.68. The van der Waals surface area contributed by atoms with Gasteiger partial charge in [-0.25, -0.2) is 0 Å². The lowest BCUT2D eigenvalue weighted by Crippen LogP contribution is -2.30. The Labute approximate surface area is 173 Å². The quantitative estimate of drug-likeness (QED) is 0.605. The lowest BCUT2D eigenvalue weighted by molar-refractivity contribution is -0.137. The van der Waals surface area contributed by atoms with Gasteiger partial charge >= 0.3 is 6.18 Å². The van der Waals surface area contributed by atoms with Gasteiger partial charge in [-0.2, -0.15) is 13.2 Å². The molecule has 2 rings (SSSR count). The molecular formula is C20H24ClF3N2O3. The Morgan fingerprint density at radius 3 is 2.38 bits per heavy atom. The van der Waals surface area contributed by atoms with Gasteiger partial charge in [0.25, 0.3) is 0 Å². The van der Waals surface area contributed by atoms with Crippen molar-refractivity contribution < 1.29 is 27.4 Å². The molecule has 0 bridgehead atoms. The van der Waals surface area contributed by atoms with Crippen LogP contribution in [0.4, 0.5) is 18.9 Å². The van der Waals surface area contributed by atoms with Gasteiger partial charge in [-0.3, -0.25) is 4.79 Å². The Bertz CT molecular complexity index is 788. The van der Waals surface area contributed by atoms with Crippen LogP contribution in [0.1, 0.15) is 24.1 Å². The summed E-state index contributed by atoms with van der Waals surface area (Å²) in [4.78, 5) is 12.6. The molecule has 1 amide bonds. The number of halogens is 4. The molecule has 0 aliphatic heterocycles. The molecule has 0 aromatic heterocycles. The fourth-order valence-electron chi connectivity index (χ4n) is 2.54. The van der Waals surface area contributed by atoms with E-state index in [0.29, 0.717) is 0 Å². The first-order chi connectivity index (χ1) is 13.2. The van der Waals surface area contributed by atoms with Crippen molar-refractivity contribution in [2.24, 2.45) is 11.7 Å². The van der Waals surface area contributed by atoms with E-state index in [2.05, 4.69) is 5.32 Å². The second-order valence-corrected chi connectivity index (χ2v) is 6.26. The van der Waals surface area contributed by atoms with Crippen LogP contribution < -0.4 is 15.8 Å². The summed E-state index contributed by atoms with van der Waals surface area (Å²) in [5.74, 6) is -1.06. The average molecular weight is 433 g/mol. The van der Waals surface area contributed by atoms with Gasteiger partial charge in [-0.1, -0.05) is 37.3 Å². The van der Waals surface area contributed by atoms with E-state index >= 15 is 0 Å². The average Bonchev–Trinajstić information content (AvgIpc) is 2.67. The first kappa shape index (κ1) is 24.7. The maximum atomic E-state index is 13.1. The molecule has 0 radical (unpaired) electrons. The minimum absolute atomic E-state index is 0. The molecule has 0 fully saturated rings. The van der Waals surface area contributed by atoms with E-state index in [1.165, 1.54) is 13.2 Å². The van der Waals surface area contributed by atoms with E-state index in [1.807, 2.05) is 6.07 Å². The standard InChI is InChI=1S/C20H23F3N2O3.ClH/c1-13(18(24)14-6-4-3-5-7-14)19(26)25-16-12-15(20(21,22)23)8-9-17(16)28-11-10-27-2;/h3-9,12-13,18H,10-11,24H2,1-2H3,(H,25,26);1H. The summed E-state index contributed by atoms with van der Waals surface area (Å²) in [7, 11) is 1.48. The van der Waals surface area contributed by atoms with Crippen LogP contribution in [-0.2, 0) is 15.7 Å². The summed E-state index contributed by atoms with van der Waals surface area (Å²) in [5.41, 5.74) is 5.94. The Hall–Kier alpha value is -2.29. The second-order valence-electron chi connectivity index (χ2n) is 6.26. The molecule has 2 unspecified atom stereocenters. The van der Waals surface area contributed by atoms with Crippen LogP contribution in [0.25, 0.3) is 0 Å². The molecule has 160 valence electrons. The highest BCUT2D eigenvalue weighted by atomic mass is 35.5. The number of alkyl halides is 3. The minimum atomic E-state index is -4.55. The van der Waals surface area contributed by atoms with Crippen LogP contribution >= 0.6 is 12.4 Å². The maximum absolute atomic E-state index is 13.1. The number of methoxy groups -OCH3 is 1. The largest absolute Gasteiger partial charge is 0.489 e. The zero-order valence-electron chi connectivity index (χ0n) is 16.0. The predicted octanol–water partition coefficient (Wildman–Crippen LogP) is 4.43. The predicted molar refractivity (Wildman–Crippen MR) is 107 cm³/mol. The Morgan fingerprint density at radius 1 is 1.14 bits per heavy atom. The van der Waals surface area contributed by atoms with Crippen molar-refractivity contribution in [3.05, 3.63) is 59.7 Å². The van der Waals surface area contributed by atoms with Gasteiger partial charge in [0.2, 0.25) is 5.91 Å². The van der Waals surface area contributed by atoms with E-state index in [0.717, 1.165) is 17.7 Å². The molecular weight excluding hydrogens is 409 g/mol. The molecule has 29 heavy (non-hydrogen) atoms. The molecule has 9 heteroatoms. The maximum Gasteiger partial charge on any atom is 0.416 e. The number of nitrogens with two attached hydrogens (primary N) is 1. The minimum Gasteiger partial charge on any atom is -0.489 e. The van der Waals surface area contributed by atoms with Gasteiger partial charge in [-0.15, -0.1) is 12.4 Å². The molecule has 0 saturated carbocycles. The fourth-order valence-corrected chi connectivity index (χ4v) is 2.54. The van der Waals surface area contributed by atoms with E-state index < -0.39 is 29.6 Å². The number of carbonyl (C=O) groups excluding carboxylic acids is 1. The van der Waals surface area contributed by atoms with Crippen molar-refractivity contribution in [3.8, 4) is 5.75 Å². The summed E-state index contributed by atoms with van der Waals surface area (Å²) < 4.78 is 49.5. The number of nitrogens with one attached hydrogen (secondary N) is 1. The highest BCUT2D eigenvalue weighted by Gasteiger charge is 2.32. The molecule has 0 heterocycles. The van der Waals surface area contributed by atoms with Gasteiger partial charge in [0, 0.05) is 13.2 Å². The van der Waals surface area contributed by atoms with Gasteiger partial charge in [0.1, 0.15) is 12.4 Å². The SMILES string of the molecule is COCCOc1ccc(C(F)(F)F)cc1NC(=O)C(C)C(N)c1ccccc1.Cl. The lowest BCUT2D eigenvalue weighted by atomic mass is 9.94. The van der Waals surface area contributed by atoms with Crippen LogP contribution in [0.15, 0.2) is 48.5 Å². The molecule has 3 N–H and O–H groups in total. The number of rotatable bonds is 8. The molecule has 5 nitrogen and oxygen atoms in total. The van der Waals surface area contributed by atoms with Crippen molar-refractivity contribution in [1.82, 2.24) is 0 Å². The highest BCUT2D eigenvalue weighted by Crippen LogP contribution is 2.35. The normalized spacial score (nSPS) is 13.2. The summed E-state index contributed by atoms with van der Waals surface area (Å²) in [6.45, 7) is 2.00. The molecule has 0 saturated heterocycles. The van der Waals surface area contributed by atoms with Gasteiger partial charge in [0.05, 0.1) is 23.8 Å². The van der Waals surface area contributed by atoms with Crippen molar-refractivity contribution in [3.63, 3.8) is 0 Å². The van der Waals surface area contributed by atoms with Crippen LogP contribution in [0, 0.1) is 5.92 Å². The van der Waals surface area contributed by atoms with Gasteiger partial charge in [-0.05, 0) is 23.8 Å². The van der Waals surface area contributed by atoms with Gasteiger partial charge < -0.3 is 20.5 Å².